The molecule has 1 atom stereocenters. The highest BCUT2D eigenvalue weighted by Gasteiger charge is 2.35. The lowest BCUT2D eigenvalue weighted by molar-refractivity contribution is 0.539. The minimum Gasteiger partial charge on any atom is -0.303 e. The molecule has 0 aromatic carbocycles. The van der Waals surface area contributed by atoms with Gasteiger partial charge >= 0.3 is 0 Å². The molecule has 0 aliphatic carbocycles. The number of hydrogen-bond acceptors (Lipinski definition) is 3. The first kappa shape index (κ1) is 11.2. The normalized spacial score (nSPS) is 26.0. The van der Waals surface area contributed by atoms with E-state index in [1.54, 1.807) is 0 Å². The van der Waals surface area contributed by atoms with Gasteiger partial charge in [-0.25, -0.2) is 0 Å². The number of nitrogens with one attached hydrogen (secondary N) is 1. The van der Waals surface area contributed by atoms with E-state index in [1.165, 1.54) is 18.6 Å². The van der Waals surface area contributed by atoms with Crippen molar-refractivity contribution in [3.8, 4) is 0 Å². The SMILES string of the molecule is CCCn1c(C2(C)CCCS2)n[nH]c1=S. The molecule has 2 rings (SSSR count). The topological polar surface area (TPSA) is 33.6 Å². The summed E-state index contributed by atoms with van der Waals surface area (Å²) in [6.07, 6.45) is 3.59. The summed E-state index contributed by atoms with van der Waals surface area (Å²) in [4.78, 5) is 0. The molecule has 2 heterocycles. The Bertz CT molecular complexity index is 388. The van der Waals surface area contributed by atoms with Crippen LogP contribution in [0.1, 0.15) is 38.9 Å². The zero-order chi connectivity index (χ0) is 10.9. The smallest absolute Gasteiger partial charge is 0.195 e. The quantitative estimate of drug-likeness (QED) is 0.828. The summed E-state index contributed by atoms with van der Waals surface area (Å²) in [6.45, 7) is 5.42. The molecule has 0 saturated carbocycles. The van der Waals surface area contributed by atoms with E-state index in [1.807, 2.05) is 11.8 Å². The zero-order valence-electron chi connectivity index (χ0n) is 9.25. The standard InChI is InChI=1S/C10H17N3S2/c1-3-6-13-8(11-12-9(13)14)10(2)5-4-7-15-10/h3-7H2,1-2H3,(H,12,14). The Morgan fingerprint density at radius 3 is 3.07 bits per heavy atom. The second-order valence-electron chi connectivity index (χ2n) is 4.19. The van der Waals surface area contributed by atoms with Gasteiger partial charge in [0.2, 0.25) is 0 Å². The Kier molecular flexibility index (Phi) is 3.21. The van der Waals surface area contributed by atoms with Crippen molar-refractivity contribution < 1.29 is 0 Å². The fourth-order valence-electron chi connectivity index (χ4n) is 2.11. The summed E-state index contributed by atoms with van der Waals surface area (Å²) in [7, 11) is 0. The van der Waals surface area contributed by atoms with Gasteiger partial charge < -0.3 is 4.57 Å². The van der Waals surface area contributed by atoms with Crippen LogP contribution in [0.25, 0.3) is 0 Å². The summed E-state index contributed by atoms with van der Waals surface area (Å²) in [6, 6.07) is 0. The Labute approximate surface area is 99.7 Å². The first-order valence-corrected chi connectivity index (χ1v) is 6.86. The summed E-state index contributed by atoms with van der Waals surface area (Å²) in [5.74, 6) is 2.37. The van der Waals surface area contributed by atoms with Gasteiger partial charge in [-0.3, -0.25) is 5.10 Å². The number of aromatic nitrogens is 3. The van der Waals surface area contributed by atoms with Crippen molar-refractivity contribution in [3.05, 3.63) is 10.6 Å². The van der Waals surface area contributed by atoms with Gasteiger partial charge in [-0.1, -0.05) is 6.92 Å². The molecule has 84 valence electrons. The van der Waals surface area contributed by atoms with E-state index >= 15 is 0 Å². The lowest BCUT2D eigenvalue weighted by Gasteiger charge is -2.22. The maximum absolute atomic E-state index is 5.26. The number of aromatic amines is 1. The predicted molar refractivity (Wildman–Crippen MR) is 66.7 cm³/mol. The molecule has 0 bridgehead atoms. The molecule has 15 heavy (non-hydrogen) atoms. The Balaban J connectivity index is 2.38. The largest absolute Gasteiger partial charge is 0.303 e. The summed E-state index contributed by atoms with van der Waals surface area (Å²) in [5.41, 5.74) is 0. The van der Waals surface area contributed by atoms with Crippen LogP contribution in [0.2, 0.25) is 0 Å². The van der Waals surface area contributed by atoms with Crippen LogP contribution in [0.5, 0.6) is 0 Å². The summed E-state index contributed by atoms with van der Waals surface area (Å²) >= 11 is 7.26. The van der Waals surface area contributed by atoms with Gasteiger partial charge in [0, 0.05) is 6.54 Å². The maximum atomic E-state index is 5.26. The molecule has 1 aliphatic rings. The van der Waals surface area contributed by atoms with Crippen molar-refractivity contribution in [3.63, 3.8) is 0 Å². The second kappa shape index (κ2) is 4.29. The molecular weight excluding hydrogens is 226 g/mol. The van der Waals surface area contributed by atoms with Crippen LogP contribution in [0.4, 0.5) is 0 Å². The predicted octanol–water partition coefficient (Wildman–Crippen LogP) is 3.09. The van der Waals surface area contributed by atoms with Crippen LogP contribution in [-0.4, -0.2) is 20.5 Å². The molecule has 1 aromatic heterocycles. The Morgan fingerprint density at radius 1 is 1.67 bits per heavy atom. The molecule has 5 heteroatoms. The molecule has 1 aromatic rings. The first-order chi connectivity index (χ1) is 7.17. The van der Waals surface area contributed by atoms with Crippen LogP contribution in [-0.2, 0) is 11.3 Å². The molecular formula is C10H17N3S2. The highest BCUT2D eigenvalue weighted by molar-refractivity contribution is 8.00. The van der Waals surface area contributed by atoms with Gasteiger partial charge in [-0.2, -0.15) is 5.10 Å². The van der Waals surface area contributed by atoms with Gasteiger partial charge in [0.15, 0.2) is 4.77 Å². The third-order valence-electron chi connectivity index (χ3n) is 2.90. The van der Waals surface area contributed by atoms with E-state index in [-0.39, 0.29) is 4.75 Å². The van der Waals surface area contributed by atoms with Crippen molar-refractivity contribution in [1.29, 1.82) is 0 Å². The van der Waals surface area contributed by atoms with Crippen LogP contribution < -0.4 is 0 Å². The number of hydrogen-bond donors (Lipinski definition) is 1. The molecule has 1 saturated heterocycles. The average molecular weight is 243 g/mol. The van der Waals surface area contributed by atoms with Crippen molar-refractivity contribution in [2.45, 2.75) is 44.4 Å². The van der Waals surface area contributed by atoms with E-state index in [2.05, 4.69) is 28.6 Å². The Morgan fingerprint density at radius 2 is 2.47 bits per heavy atom. The third kappa shape index (κ3) is 1.99. The van der Waals surface area contributed by atoms with E-state index in [4.69, 9.17) is 12.2 Å². The van der Waals surface area contributed by atoms with Crippen LogP contribution in [0, 0.1) is 4.77 Å². The minimum atomic E-state index is 0.169. The Hall–Kier alpha value is -0.290. The molecule has 1 N–H and O–H groups in total. The van der Waals surface area contributed by atoms with E-state index in [0.717, 1.165) is 23.6 Å². The van der Waals surface area contributed by atoms with Crippen LogP contribution in [0.15, 0.2) is 0 Å². The van der Waals surface area contributed by atoms with Gasteiger partial charge in [0.1, 0.15) is 5.82 Å². The second-order valence-corrected chi connectivity index (χ2v) is 6.17. The third-order valence-corrected chi connectivity index (χ3v) is 4.73. The molecule has 1 fully saturated rings. The zero-order valence-corrected chi connectivity index (χ0v) is 10.9. The van der Waals surface area contributed by atoms with Gasteiger partial charge in [0.05, 0.1) is 4.75 Å². The fraction of sp³-hybridized carbons (Fsp3) is 0.800. The molecule has 1 unspecified atom stereocenters. The van der Waals surface area contributed by atoms with E-state index < -0.39 is 0 Å². The molecule has 3 nitrogen and oxygen atoms in total. The minimum absolute atomic E-state index is 0.169. The van der Waals surface area contributed by atoms with Crippen molar-refractivity contribution in [1.82, 2.24) is 14.8 Å². The lowest BCUT2D eigenvalue weighted by Crippen LogP contribution is -2.20. The molecule has 0 spiro atoms. The van der Waals surface area contributed by atoms with E-state index in [9.17, 15) is 0 Å². The van der Waals surface area contributed by atoms with Crippen LogP contribution in [0.3, 0.4) is 0 Å². The van der Waals surface area contributed by atoms with Crippen molar-refractivity contribution in [2.75, 3.05) is 5.75 Å². The van der Waals surface area contributed by atoms with Gasteiger partial charge in [0.25, 0.3) is 0 Å². The molecule has 0 amide bonds. The number of H-pyrrole nitrogens is 1. The summed E-state index contributed by atoms with van der Waals surface area (Å²) < 4.78 is 3.09. The van der Waals surface area contributed by atoms with Crippen LogP contribution >= 0.6 is 24.0 Å². The highest BCUT2D eigenvalue weighted by atomic mass is 32.2. The average Bonchev–Trinajstić information content (AvgIpc) is 2.77. The van der Waals surface area contributed by atoms with Gasteiger partial charge in [-0.05, 0) is 44.2 Å². The number of thioether (sulfide) groups is 1. The van der Waals surface area contributed by atoms with Gasteiger partial charge in [-0.15, -0.1) is 11.8 Å². The number of rotatable bonds is 3. The molecule has 1 aliphatic heterocycles. The number of nitrogens with zero attached hydrogens (tertiary/aromatic N) is 2. The first-order valence-electron chi connectivity index (χ1n) is 5.47. The summed E-state index contributed by atoms with van der Waals surface area (Å²) in [5, 5.41) is 7.34. The fourth-order valence-corrected chi connectivity index (χ4v) is 3.64. The lowest BCUT2D eigenvalue weighted by atomic mass is 10.1. The van der Waals surface area contributed by atoms with Crippen molar-refractivity contribution >= 4 is 24.0 Å². The monoisotopic (exact) mass is 243 g/mol. The van der Waals surface area contributed by atoms with E-state index in [0.29, 0.717) is 0 Å². The molecule has 0 radical (unpaired) electrons. The highest BCUT2D eigenvalue weighted by Crippen LogP contribution is 2.45. The maximum Gasteiger partial charge on any atom is 0.195 e. The van der Waals surface area contributed by atoms with Crippen molar-refractivity contribution in [2.24, 2.45) is 0 Å².